The number of ether oxygens (including phenoxy) is 1. The first-order chi connectivity index (χ1) is 9.60. The van der Waals surface area contributed by atoms with Crippen LogP contribution in [0, 0.1) is 12.7 Å². The summed E-state index contributed by atoms with van der Waals surface area (Å²) >= 11 is 0. The maximum absolute atomic E-state index is 12.8. The van der Waals surface area contributed by atoms with E-state index in [4.69, 9.17) is 4.74 Å². The molecule has 0 amide bonds. The molecule has 1 atom stereocenters. The maximum atomic E-state index is 12.8. The fourth-order valence-electron chi connectivity index (χ4n) is 1.97. The molecule has 0 radical (unpaired) electrons. The Kier molecular flexibility index (Phi) is 4.58. The molecule has 1 unspecified atom stereocenters. The molecule has 2 aromatic rings. The van der Waals surface area contributed by atoms with E-state index in [1.165, 1.54) is 12.1 Å². The Hall–Kier alpha value is -2.07. The number of aryl methyl sites for hydroxylation is 1. The van der Waals surface area contributed by atoms with Crippen LogP contribution in [0.2, 0.25) is 0 Å². The zero-order valence-corrected chi connectivity index (χ0v) is 11.6. The lowest BCUT2D eigenvalue weighted by atomic mass is 10.1. The minimum absolute atomic E-state index is 0.311. The second-order valence-electron chi connectivity index (χ2n) is 4.65. The third-order valence-electron chi connectivity index (χ3n) is 3.10. The highest BCUT2D eigenvalue weighted by Crippen LogP contribution is 2.26. The van der Waals surface area contributed by atoms with Crippen molar-refractivity contribution < 1.29 is 14.2 Å². The van der Waals surface area contributed by atoms with Crippen LogP contribution in [0.5, 0.6) is 5.75 Å². The van der Waals surface area contributed by atoms with Crippen LogP contribution >= 0.6 is 0 Å². The average Bonchev–Trinajstić information content (AvgIpc) is 2.45. The first-order valence-electron chi connectivity index (χ1n) is 6.42. The molecule has 0 fully saturated rings. The number of aliphatic hydroxyl groups is 1. The predicted octanol–water partition coefficient (Wildman–Crippen LogP) is 3.29. The molecule has 2 N–H and O–H groups in total. The Morgan fingerprint density at radius 3 is 2.55 bits per heavy atom. The molecular weight excluding hydrogens is 257 g/mol. The van der Waals surface area contributed by atoms with E-state index in [1.807, 2.05) is 25.1 Å². The number of anilines is 1. The molecule has 106 valence electrons. The summed E-state index contributed by atoms with van der Waals surface area (Å²) in [6.45, 7) is 2.31. The number of nitrogens with one attached hydrogen (secondary N) is 1. The highest BCUT2D eigenvalue weighted by molar-refractivity contribution is 5.58. The normalized spacial score (nSPS) is 12.0. The Balaban J connectivity index is 2.04. The second-order valence-corrected chi connectivity index (χ2v) is 4.65. The molecule has 2 aromatic carbocycles. The van der Waals surface area contributed by atoms with Gasteiger partial charge in [-0.25, -0.2) is 4.39 Å². The quantitative estimate of drug-likeness (QED) is 0.879. The predicted molar refractivity (Wildman–Crippen MR) is 77.6 cm³/mol. The van der Waals surface area contributed by atoms with Crippen LogP contribution in [0.4, 0.5) is 10.1 Å². The van der Waals surface area contributed by atoms with E-state index in [-0.39, 0.29) is 5.82 Å². The highest BCUT2D eigenvalue weighted by Gasteiger charge is 2.09. The molecule has 0 aliphatic carbocycles. The van der Waals surface area contributed by atoms with Crippen molar-refractivity contribution in [2.24, 2.45) is 0 Å². The number of aliphatic hydroxyl groups excluding tert-OH is 1. The summed E-state index contributed by atoms with van der Waals surface area (Å²) < 4.78 is 18.1. The van der Waals surface area contributed by atoms with Gasteiger partial charge in [0.25, 0.3) is 0 Å². The van der Waals surface area contributed by atoms with Gasteiger partial charge in [0.15, 0.2) is 0 Å². The zero-order chi connectivity index (χ0) is 14.5. The Morgan fingerprint density at radius 2 is 1.90 bits per heavy atom. The molecule has 0 aliphatic heterocycles. The monoisotopic (exact) mass is 275 g/mol. The van der Waals surface area contributed by atoms with E-state index in [0.29, 0.717) is 12.1 Å². The summed E-state index contributed by atoms with van der Waals surface area (Å²) in [5, 5.41) is 13.2. The summed E-state index contributed by atoms with van der Waals surface area (Å²) in [7, 11) is 1.60. The smallest absolute Gasteiger partial charge is 0.141 e. The third-order valence-corrected chi connectivity index (χ3v) is 3.10. The summed E-state index contributed by atoms with van der Waals surface area (Å²) in [5.74, 6) is 0.413. The zero-order valence-electron chi connectivity index (χ0n) is 11.6. The van der Waals surface area contributed by atoms with Gasteiger partial charge in [-0.1, -0.05) is 18.2 Å². The first-order valence-corrected chi connectivity index (χ1v) is 6.42. The van der Waals surface area contributed by atoms with Crippen LogP contribution in [-0.2, 0) is 0 Å². The van der Waals surface area contributed by atoms with Crippen LogP contribution in [0.1, 0.15) is 17.2 Å². The van der Waals surface area contributed by atoms with Gasteiger partial charge in [-0.15, -0.1) is 0 Å². The van der Waals surface area contributed by atoms with Gasteiger partial charge >= 0.3 is 0 Å². The SMILES string of the molecule is COc1ccc(C)cc1NCC(O)c1ccc(F)cc1. The number of hydrogen-bond donors (Lipinski definition) is 2. The van der Waals surface area contributed by atoms with Gasteiger partial charge in [-0.2, -0.15) is 0 Å². The highest BCUT2D eigenvalue weighted by atomic mass is 19.1. The topological polar surface area (TPSA) is 41.5 Å². The number of rotatable bonds is 5. The molecule has 0 bridgehead atoms. The lowest BCUT2D eigenvalue weighted by Gasteiger charge is -2.15. The molecule has 0 saturated heterocycles. The lowest BCUT2D eigenvalue weighted by Crippen LogP contribution is -2.12. The van der Waals surface area contributed by atoms with Crippen molar-refractivity contribution in [1.82, 2.24) is 0 Å². The fourth-order valence-corrected chi connectivity index (χ4v) is 1.97. The lowest BCUT2D eigenvalue weighted by molar-refractivity contribution is 0.191. The van der Waals surface area contributed by atoms with Crippen LogP contribution < -0.4 is 10.1 Å². The molecule has 0 spiro atoms. The average molecular weight is 275 g/mol. The van der Waals surface area contributed by atoms with Crippen LogP contribution in [-0.4, -0.2) is 18.8 Å². The van der Waals surface area contributed by atoms with Crippen molar-refractivity contribution >= 4 is 5.69 Å². The number of methoxy groups -OCH3 is 1. The molecule has 4 heteroatoms. The van der Waals surface area contributed by atoms with E-state index in [2.05, 4.69) is 5.32 Å². The van der Waals surface area contributed by atoms with Crippen LogP contribution in [0.25, 0.3) is 0 Å². The second kappa shape index (κ2) is 6.39. The van der Waals surface area contributed by atoms with Crippen molar-refractivity contribution in [1.29, 1.82) is 0 Å². The van der Waals surface area contributed by atoms with Crippen molar-refractivity contribution in [2.45, 2.75) is 13.0 Å². The molecule has 0 aromatic heterocycles. The van der Waals surface area contributed by atoms with Crippen LogP contribution in [0.3, 0.4) is 0 Å². The van der Waals surface area contributed by atoms with Crippen molar-refractivity contribution in [2.75, 3.05) is 19.0 Å². The Labute approximate surface area is 118 Å². The van der Waals surface area contributed by atoms with Gasteiger partial charge in [-0.3, -0.25) is 0 Å². The van der Waals surface area contributed by atoms with E-state index < -0.39 is 6.10 Å². The molecule has 2 rings (SSSR count). The molecular formula is C16H18FNO2. The van der Waals surface area contributed by atoms with Gasteiger partial charge in [0.2, 0.25) is 0 Å². The number of halogens is 1. The van der Waals surface area contributed by atoms with E-state index in [1.54, 1.807) is 19.2 Å². The van der Waals surface area contributed by atoms with Crippen molar-refractivity contribution in [3.05, 3.63) is 59.4 Å². The summed E-state index contributed by atoms with van der Waals surface area (Å²) in [6, 6.07) is 11.6. The standard InChI is InChI=1S/C16H18FNO2/c1-11-3-8-16(20-2)14(9-11)18-10-15(19)12-4-6-13(17)7-5-12/h3-9,15,18-19H,10H2,1-2H3. The fraction of sp³-hybridized carbons (Fsp3) is 0.250. The summed E-state index contributed by atoms with van der Waals surface area (Å²) in [4.78, 5) is 0. The molecule has 0 aliphatic rings. The minimum atomic E-state index is -0.708. The van der Waals surface area contributed by atoms with Gasteiger partial charge in [-0.05, 0) is 42.3 Å². The number of benzene rings is 2. The molecule has 0 heterocycles. The van der Waals surface area contributed by atoms with Gasteiger partial charge in [0.05, 0.1) is 18.9 Å². The largest absolute Gasteiger partial charge is 0.495 e. The van der Waals surface area contributed by atoms with Crippen molar-refractivity contribution in [3.63, 3.8) is 0 Å². The van der Waals surface area contributed by atoms with Gasteiger partial charge < -0.3 is 15.2 Å². The van der Waals surface area contributed by atoms with Gasteiger partial charge in [0.1, 0.15) is 11.6 Å². The Morgan fingerprint density at radius 1 is 1.20 bits per heavy atom. The van der Waals surface area contributed by atoms with E-state index >= 15 is 0 Å². The Bertz CT molecular complexity index is 569. The summed E-state index contributed by atoms with van der Waals surface area (Å²) in [6.07, 6.45) is -0.708. The van der Waals surface area contributed by atoms with Gasteiger partial charge in [0, 0.05) is 6.54 Å². The maximum Gasteiger partial charge on any atom is 0.141 e. The van der Waals surface area contributed by atoms with Crippen molar-refractivity contribution in [3.8, 4) is 5.75 Å². The van der Waals surface area contributed by atoms with E-state index in [9.17, 15) is 9.50 Å². The first kappa shape index (κ1) is 14.3. The minimum Gasteiger partial charge on any atom is -0.495 e. The number of hydrogen-bond acceptors (Lipinski definition) is 3. The molecule has 3 nitrogen and oxygen atoms in total. The van der Waals surface area contributed by atoms with Crippen LogP contribution in [0.15, 0.2) is 42.5 Å². The molecule has 0 saturated carbocycles. The van der Waals surface area contributed by atoms with E-state index in [0.717, 1.165) is 17.0 Å². The third kappa shape index (κ3) is 3.48. The summed E-state index contributed by atoms with van der Waals surface area (Å²) in [5.41, 5.74) is 2.60. The molecule has 20 heavy (non-hydrogen) atoms.